The van der Waals surface area contributed by atoms with Crippen molar-refractivity contribution in [1.82, 2.24) is 4.90 Å². The quantitative estimate of drug-likeness (QED) is 0.801. The number of Topliss-reactive ketones (excluding diaryl/α,β-unsaturated/α-hetero) is 2. The normalized spacial score (nSPS) is 13.0. The molecule has 0 saturated carbocycles. The molecule has 0 N–H and O–H groups in total. The molecule has 0 unspecified atom stereocenters. The standard InChI is InChI=1S/C17H31NO3/c1-15(2,3)12(19)10-18(14(21)17(7,8)9)11-13(20)16(4,5)6/h10-11H2,1-9H3. The first kappa shape index (κ1) is 19.8. The Hall–Kier alpha value is -1.19. The second-order valence-electron chi connectivity index (χ2n) is 8.76. The molecule has 0 fully saturated rings. The van der Waals surface area contributed by atoms with Gasteiger partial charge in [-0.15, -0.1) is 0 Å². The SMILES string of the molecule is CC(C)(C)C(=O)CN(CC(=O)C(C)(C)C)C(=O)C(C)(C)C. The number of hydrogen-bond acceptors (Lipinski definition) is 3. The second-order valence-corrected chi connectivity index (χ2v) is 8.76. The third-order valence-electron chi connectivity index (χ3n) is 3.27. The molecule has 0 bridgehead atoms. The van der Waals surface area contributed by atoms with Gasteiger partial charge in [0.25, 0.3) is 0 Å². The van der Waals surface area contributed by atoms with Crippen molar-refractivity contribution in [2.45, 2.75) is 62.3 Å². The van der Waals surface area contributed by atoms with Crippen LogP contribution in [0.5, 0.6) is 0 Å². The van der Waals surface area contributed by atoms with Crippen LogP contribution in [-0.2, 0) is 14.4 Å². The van der Waals surface area contributed by atoms with Crippen LogP contribution in [0.4, 0.5) is 0 Å². The fourth-order valence-corrected chi connectivity index (χ4v) is 1.49. The van der Waals surface area contributed by atoms with Crippen LogP contribution in [0.15, 0.2) is 0 Å². The molecule has 0 aliphatic carbocycles. The summed E-state index contributed by atoms with van der Waals surface area (Å²) in [5.41, 5.74) is -1.67. The molecule has 1 amide bonds. The van der Waals surface area contributed by atoms with E-state index in [2.05, 4.69) is 0 Å². The van der Waals surface area contributed by atoms with E-state index in [1.54, 1.807) is 20.8 Å². The minimum atomic E-state index is -0.615. The van der Waals surface area contributed by atoms with Crippen LogP contribution in [0.25, 0.3) is 0 Å². The average Bonchev–Trinajstić information content (AvgIpc) is 2.22. The summed E-state index contributed by atoms with van der Waals surface area (Å²) in [5.74, 6) is -0.249. The van der Waals surface area contributed by atoms with Crippen molar-refractivity contribution >= 4 is 17.5 Å². The monoisotopic (exact) mass is 297 g/mol. The zero-order valence-electron chi connectivity index (χ0n) is 15.1. The van der Waals surface area contributed by atoms with Crippen LogP contribution in [-0.4, -0.2) is 35.5 Å². The van der Waals surface area contributed by atoms with Gasteiger partial charge >= 0.3 is 0 Å². The van der Waals surface area contributed by atoms with Gasteiger partial charge < -0.3 is 4.90 Å². The number of rotatable bonds is 4. The molecule has 0 rings (SSSR count). The van der Waals surface area contributed by atoms with E-state index in [0.29, 0.717) is 0 Å². The van der Waals surface area contributed by atoms with Crippen LogP contribution >= 0.6 is 0 Å². The molecule has 0 aliphatic rings. The molecule has 0 spiro atoms. The summed E-state index contributed by atoms with van der Waals surface area (Å²) in [4.78, 5) is 38.4. The lowest BCUT2D eigenvalue weighted by Gasteiger charge is -2.32. The zero-order valence-corrected chi connectivity index (χ0v) is 15.1. The van der Waals surface area contributed by atoms with Crippen molar-refractivity contribution < 1.29 is 14.4 Å². The van der Waals surface area contributed by atoms with Crippen LogP contribution in [0.1, 0.15) is 62.3 Å². The molecule has 0 aromatic heterocycles. The zero-order chi connectivity index (χ0) is 17.2. The van der Waals surface area contributed by atoms with Crippen molar-refractivity contribution in [3.63, 3.8) is 0 Å². The number of nitrogens with zero attached hydrogens (tertiary/aromatic N) is 1. The highest BCUT2D eigenvalue weighted by molar-refractivity contribution is 5.94. The molecule has 0 heterocycles. The predicted octanol–water partition coefficient (Wildman–Crippen LogP) is 3.09. The largest absolute Gasteiger partial charge is 0.328 e. The Labute approximate surface area is 129 Å². The minimum absolute atomic E-state index is 0.0125. The van der Waals surface area contributed by atoms with Gasteiger partial charge in [0.15, 0.2) is 11.6 Å². The Kier molecular flexibility index (Phi) is 5.93. The van der Waals surface area contributed by atoms with E-state index in [1.807, 2.05) is 41.5 Å². The predicted molar refractivity (Wildman–Crippen MR) is 85.0 cm³/mol. The van der Waals surface area contributed by atoms with E-state index in [9.17, 15) is 14.4 Å². The molecule has 0 aromatic rings. The smallest absolute Gasteiger partial charge is 0.228 e. The summed E-state index contributed by atoms with van der Waals surface area (Å²) >= 11 is 0. The lowest BCUT2D eigenvalue weighted by molar-refractivity contribution is -0.147. The van der Waals surface area contributed by atoms with Gasteiger partial charge in [-0.05, 0) is 0 Å². The van der Waals surface area contributed by atoms with Crippen molar-refractivity contribution in [2.24, 2.45) is 16.2 Å². The molecule has 122 valence electrons. The highest BCUT2D eigenvalue weighted by Crippen LogP contribution is 2.22. The maximum Gasteiger partial charge on any atom is 0.228 e. The number of carbonyl (C=O) groups is 3. The summed E-state index contributed by atoms with van der Waals surface area (Å²) in [6.07, 6.45) is 0. The Morgan fingerprint density at radius 1 is 0.619 bits per heavy atom. The van der Waals surface area contributed by atoms with Crippen molar-refractivity contribution in [3.8, 4) is 0 Å². The lowest BCUT2D eigenvalue weighted by atomic mass is 9.87. The molecule has 4 heteroatoms. The molecule has 0 saturated heterocycles. The Morgan fingerprint density at radius 3 is 1.10 bits per heavy atom. The van der Waals surface area contributed by atoms with Crippen LogP contribution in [0.2, 0.25) is 0 Å². The molecule has 0 aliphatic heterocycles. The van der Waals surface area contributed by atoms with E-state index in [4.69, 9.17) is 0 Å². The van der Waals surface area contributed by atoms with Gasteiger partial charge in [-0.25, -0.2) is 0 Å². The molecule has 4 nitrogen and oxygen atoms in total. The van der Waals surface area contributed by atoms with Gasteiger partial charge in [0.2, 0.25) is 5.91 Å². The van der Waals surface area contributed by atoms with Gasteiger partial charge in [0, 0.05) is 16.2 Å². The first-order chi connectivity index (χ1) is 9.06. The van der Waals surface area contributed by atoms with Crippen molar-refractivity contribution in [2.75, 3.05) is 13.1 Å². The van der Waals surface area contributed by atoms with Gasteiger partial charge in [-0.3, -0.25) is 14.4 Å². The van der Waals surface area contributed by atoms with Gasteiger partial charge in [0.1, 0.15) is 0 Å². The molecule has 0 radical (unpaired) electrons. The topological polar surface area (TPSA) is 54.5 Å². The van der Waals surface area contributed by atoms with E-state index in [1.165, 1.54) is 4.90 Å². The highest BCUT2D eigenvalue weighted by Gasteiger charge is 2.34. The maximum atomic E-state index is 12.5. The molecular formula is C17H31NO3. The maximum absolute atomic E-state index is 12.5. The Morgan fingerprint density at radius 2 is 0.905 bits per heavy atom. The molecule has 21 heavy (non-hydrogen) atoms. The average molecular weight is 297 g/mol. The van der Waals surface area contributed by atoms with E-state index in [-0.39, 0.29) is 30.6 Å². The summed E-state index contributed by atoms with van der Waals surface area (Å²) in [6.45, 7) is 16.3. The van der Waals surface area contributed by atoms with E-state index < -0.39 is 16.2 Å². The second kappa shape index (κ2) is 6.29. The molecule has 0 atom stereocenters. The van der Waals surface area contributed by atoms with Crippen LogP contribution in [0, 0.1) is 16.2 Å². The summed E-state index contributed by atoms with van der Waals surface area (Å²) in [6, 6.07) is 0. The Bertz CT molecular complexity index is 389. The molecule has 0 aromatic carbocycles. The number of ketones is 2. The van der Waals surface area contributed by atoms with Crippen LogP contribution in [0.3, 0.4) is 0 Å². The summed E-state index contributed by atoms with van der Waals surface area (Å²) in [5, 5.41) is 0. The number of amides is 1. The van der Waals surface area contributed by atoms with Gasteiger partial charge in [0.05, 0.1) is 13.1 Å². The summed E-state index contributed by atoms with van der Waals surface area (Å²) in [7, 11) is 0. The number of carbonyl (C=O) groups excluding carboxylic acids is 3. The third kappa shape index (κ3) is 6.40. The fraction of sp³-hybridized carbons (Fsp3) is 0.824. The number of hydrogen-bond donors (Lipinski definition) is 0. The first-order valence-electron chi connectivity index (χ1n) is 7.43. The van der Waals surface area contributed by atoms with Crippen molar-refractivity contribution in [1.29, 1.82) is 0 Å². The van der Waals surface area contributed by atoms with Crippen LogP contribution < -0.4 is 0 Å². The fourth-order valence-electron chi connectivity index (χ4n) is 1.49. The highest BCUT2D eigenvalue weighted by atomic mass is 16.2. The van der Waals surface area contributed by atoms with E-state index in [0.717, 1.165) is 0 Å². The van der Waals surface area contributed by atoms with E-state index >= 15 is 0 Å². The molecular weight excluding hydrogens is 266 g/mol. The lowest BCUT2D eigenvalue weighted by Crippen LogP contribution is -2.48. The van der Waals surface area contributed by atoms with Crippen molar-refractivity contribution in [3.05, 3.63) is 0 Å². The third-order valence-corrected chi connectivity index (χ3v) is 3.27. The minimum Gasteiger partial charge on any atom is -0.328 e. The van der Waals surface area contributed by atoms with Gasteiger partial charge in [-0.2, -0.15) is 0 Å². The van der Waals surface area contributed by atoms with Gasteiger partial charge in [-0.1, -0.05) is 62.3 Å². The summed E-state index contributed by atoms with van der Waals surface area (Å²) < 4.78 is 0. The Balaban J connectivity index is 5.27. The first-order valence-corrected chi connectivity index (χ1v) is 7.43.